The minimum absolute atomic E-state index is 0.0522. The van der Waals surface area contributed by atoms with E-state index in [1.807, 2.05) is 0 Å². The number of carboxylic acid groups (broad SMARTS) is 1. The van der Waals surface area contributed by atoms with Crippen LogP contribution in [0.15, 0.2) is 23.1 Å². The lowest BCUT2D eigenvalue weighted by Gasteiger charge is -2.30. The Morgan fingerprint density at radius 2 is 2.07 bits per heavy atom. The van der Waals surface area contributed by atoms with Crippen LogP contribution in [0.2, 0.25) is 0 Å². The average molecular weight is 418 g/mol. The molecule has 0 aromatic heterocycles. The quantitative estimate of drug-likeness (QED) is 0.735. The third-order valence-corrected chi connectivity index (χ3v) is 8.86. The molecule has 3 rings (SSSR count). The number of sulfone groups is 1. The first-order valence-corrected chi connectivity index (χ1v) is 12.0. The molecule has 0 bridgehead atoms. The van der Waals surface area contributed by atoms with Crippen molar-refractivity contribution in [2.45, 2.75) is 43.2 Å². The fourth-order valence-electron chi connectivity index (χ4n) is 3.57. The van der Waals surface area contributed by atoms with Crippen molar-refractivity contribution < 1.29 is 31.5 Å². The molecule has 2 aliphatic rings. The summed E-state index contributed by atoms with van der Waals surface area (Å²) in [5, 5.41) is 9.21. The van der Waals surface area contributed by atoms with E-state index in [1.54, 1.807) is 6.92 Å². The zero-order chi connectivity index (χ0) is 19.8. The van der Waals surface area contributed by atoms with Crippen LogP contribution in [0.1, 0.15) is 35.2 Å². The fourth-order valence-corrected chi connectivity index (χ4v) is 7.34. The monoisotopic (exact) mass is 417 g/mol. The molecule has 2 aliphatic heterocycles. The molecule has 2 atom stereocenters. The summed E-state index contributed by atoms with van der Waals surface area (Å²) in [5.41, 5.74) is 0.286. The Kier molecular flexibility index (Phi) is 5.62. The molecule has 0 radical (unpaired) electrons. The normalized spacial score (nSPS) is 25.1. The van der Waals surface area contributed by atoms with Crippen LogP contribution in [-0.2, 0) is 24.6 Å². The molecular formula is C17H23NO7S2. The molecule has 1 aromatic carbocycles. The summed E-state index contributed by atoms with van der Waals surface area (Å²) in [7, 11) is -7.37. The van der Waals surface area contributed by atoms with Gasteiger partial charge in [-0.15, -0.1) is 0 Å². The van der Waals surface area contributed by atoms with E-state index >= 15 is 0 Å². The second-order valence-corrected chi connectivity index (χ2v) is 11.1. The number of benzene rings is 1. The van der Waals surface area contributed by atoms with E-state index in [9.17, 15) is 26.7 Å². The van der Waals surface area contributed by atoms with Crippen LogP contribution in [-0.4, -0.2) is 69.0 Å². The Morgan fingerprint density at radius 3 is 2.63 bits per heavy atom. The highest BCUT2D eigenvalue weighted by molar-refractivity contribution is 7.92. The molecule has 10 heteroatoms. The smallest absolute Gasteiger partial charge is 0.335 e. The summed E-state index contributed by atoms with van der Waals surface area (Å²) in [6.45, 7) is 2.21. The Bertz CT molecular complexity index is 934. The van der Waals surface area contributed by atoms with Gasteiger partial charge in [0.15, 0.2) is 9.84 Å². The van der Waals surface area contributed by atoms with E-state index in [4.69, 9.17) is 4.74 Å². The van der Waals surface area contributed by atoms with E-state index in [0.717, 1.165) is 12.5 Å². The molecule has 0 amide bonds. The Morgan fingerprint density at radius 1 is 1.33 bits per heavy atom. The molecule has 1 N–H and O–H groups in total. The molecule has 0 unspecified atom stereocenters. The van der Waals surface area contributed by atoms with Gasteiger partial charge in [0, 0.05) is 19.2 Å². The first kappa shape index (κ1) is 20.2. The molecule has 27 heavy (non-hydrogen) atoms. The van der Waals surface area contributed by atoms with Crippen LogP contribution in [0.4, 0.5) is 0 Å². The summed E-state index contributed by atoms with van der Waals surface area (Å²) in [5.74, 6) is -1.50. The maximum atomic E-state index is 13.4. The summed E-state index contributed by atoms with van der Waals surface area (Å²) in [6, 6.07) is 3.27. The summed E-state index contributed by atoms with van der Waals surface area (Å²) < 4.78 is 57.4. The maximum Gasteiger partial charge on any atom is 0.335 e. The van der Waals surface area contributed by atoms with Crippen LogP contribution < -0.4 is 0 Å². The lowest BCUT2D eigenvalue weighted by Crippen LogP contribution is -2.45. The van der Waals surface area contributed by atoms with E-state index < -0.39 is 31.9 Å². The fraction of sp³-hybridized carbons (Fsp3) is 0.588. The van der Waals surface area contributed by atoms with Gasteiger partial charge in [-0.2, -0.15) is 4.31 Å². The second kappa shape index (κ2) is 7.50. The minimum Gasteiger partial charge on any atom is -0.478 e. The van der Waals surface area contributed by atoms with Crippen LogP contribution in [0.5, 0.6) is 0 Å². The van der Waals surface area contributed by atoms with Crippen LogP contribution in [0.3, 0.4) is 0 Å². The zero-order valence-corrected chi connectivity index (χ0v) is 16.6. The topological polar surface area (TPSA) is 118 Å². The predicted octanol–water partition coefficient (Wildman–Crippen LogP) is 1.05. The Balaban J connectivity index is 2.01. The van der Waals surface area contributed by atoms with Crippen molar-refractivity contribution in [1.82, 2.24) is 4.31 Å². The van der Waals surface area contributed by atoms with Crippen molar-refractivity contribution in [3.8, 4) is 0 Å². The molecule has 0 spiro atoms. The van der Waals surface area contributed by atoms with Gasteiger partial charge in [-0.1, -0.05) is 6.07 Å². The number of ether oxygens (including phenoxy) is 1. The average Bonchev–Trinajstić information content (AvgIpc) is 3.21. The lowest BCUT2D eigenvalue weighted by atomic mass is 10.1. The number of carbonyl (C=O) groups is 1. The van der Waals surface area contributed by atoms with Crippen LogP contribution >= 0.6 is 0 Å². The van der Waals surface area contributed by atoms with Gasteiger partial charge >= 0.3 is 5.97 Å². The van der Waals surface area contributed by atoms with E-state index in [1.165, 1.54) is 16.4 Å². The minimum atomic E-state index is -4.08. The molecule has 150 valence electrons. The van der Waals surface area contributed by atoms with Gasteiger partial charge in [-0.25, -0.2) is 21.6 Å². The first-order chi connectivity index (χ1) is 12.6. The molecule has 0 aliphatic carbocycles. The van der Waals surface area contributed by atoms with Gasteiger partial charge < -0.3 is 9.84 Å². The number of aryl methyl sites for hydroxylation is 1. The summed E-state index contributed by atoms with van der Waals surface area (Å²) in [6.07, 6.45) is 1.48. The third-order valence-electron chi connectivity index (χ3n) is 5.04. The predicted molar refractivity (Wildman–Crippen MR) is 98.1 cm³/mol. The molecular weight excluding hydrogens is 394 g/mol. The lowest BCUT2D eigenvalue weighted by molar-refractivity contribution is 0.0696. The van der Waals surface area contributed by atoms with Crippen molar-refractivity contribution in [3.05, 3.63) is 29.3 Å². The van der Waals surface area contributed by atoms with Crippen LogP contribution in [0, 0.1) is 6.92 Å². The molecule has 1 aromatic rings. The number of sulfonamides is 1. The summed E-state index contributed by atoms with van der Waals surface area (Å²) in [4.78, 5) is 11.2. The first-order valence-electron chi connectivity index (χ1n) is 8.78. The SMILES string of the molecule is Cc1ccc(C(=O)O)cc1S(=O)(=O)N(C[C@@H]1CCCO1)[C@H]1CCS(=O)(=O)C1. The number of nitrogens with zero attached hydrogens (tertiary/aromatic N) is 1. The number of aromatic carboxylic acids is 1. The molecule has 0 saturated carbocycles. The highest BCUT2D eigenvalue weighted by atomic mass is 32.2. The Labute approximate surface area is 159 Å². The maximum absolute atomic E-state index is 13.4. The van der Waals surface area contributed by atoms with Crippen molar-refractivity contribution in [2.75, 3.05) is 24.7 Å². The highest BCUT2D eigenvalue weighted by Crippen LogP contribution is 2.29. The zero-order valence-electron chi connectivity index (χ0n) is 15.0. The molecule has 2 saturated heterocycles. The molecule has 2 heterocycles. The van der Waals surface area contributed by atoms with Crippen molar-refractivity contribution in [1.29, 1.82) is 0 Å². The third kappa shape index (κ3) is 4.34. The largest absolute Gasteiger partial charge is 0.478 e. The van der Waals surface area contributed by atoms with E-state index in [-0.39, 0.29) is 41.0 Å². The van der Waals surface area contributed by atoms with Gasteiger partial charge in [0.05, 0.1) is 28.1 Å². The van der Waals surface area contributed by atoms with Gasteiger partial charge in [0.1, 0.15) is 0 Å². The number of hydrogen-bond donors (Lipinski definition) is 1. The summed E-state index contributed by atoms with van der Waals surface area (Å²) >= 11 is 0. The van der Waals surface area contributed by atoms with Gasteiger partial charge in [-0.3, -0.25) is 0 Å². The van der Waals surface area contributed by atoms with E-state index in [2.05, 4.69) is 0 Å². The van der Waals surface area contributed by atoms with E-state index in [0.29, 0.717) is 18.6 Å². The number of rotatable bonds is 6. The van der Waals surface area contributed by atoms with Gasteiger partial charge in [0.2, 0.25) is 10.0 Å². The molecule has 8 nitrogen and oxygen atoms in total. The van der Waals surface area contributed by atoms with Gasteiger partial charge in [0.25, 0.3) is 0 Å². The van der Waals surface area contributed by atoms with Crippen molar-refractivity contribution in [3.63, 3.8) is 0 Å². The van der Waals surface area contributed by atoms with Crippen molar-refractivity contribution in [2.24, 2.45) is 0 Å². The van der Waals surface area contributed by atoms with Gasteiger partial charge in [-0.05, 0) is 43.9 Å². The van der Waals surface area contributed by atoms with Crippen LogP contribution in [0.25, 0.3) is 0 Å². The highest BCUT2D eigenvalue weighted by Gasteiger charge is 2.41. The second-order valence-electron chi connectivity index (χ2n) is 7.05. The standard InChI is InChI=1S/C17H23NO7S2/c1-12-4-5-13(17(19)20)9-16(12)27(23,24)18(10-15-3-2-7-25-15)14-6-8-26(21,22)11-14/h4-5,9,14-15H,2-3,6-8,10-11H2,1H3,(H,19,20)/t14-,15-/m0/s1. The Hall–Kier alpha value is -1.49. The van der Waals surface area contributed by atoms with Crippen molar-refractivity contribution >= 4 is 25.8 Å². The number of hydrogen-bond acceptors (Lipinski definition) is 6. The number of carboxylic acids is 1. The molecule has 2 fully saturated rings.